The second-order valence-electron chi connectivity index (χ2n) is 8.65. The maximum Gasteiger partial charge on any atom is 0.255 e. The van der Waals surface area contributed by atoms with Crippen molar-refractivity contribution >= 4 is 58.0 Å². The van der Waals surface area contributed by atoms with Gasteiger partial charge in [-0.05, 0) is 67.7 Å². The molecule has 2 amide bonds. The minimum Gasteiger partial charge on any atom is -0.355 e. The van der Waals surface area contributed by atoms with Crippen LogP contribution in [-0.2, 0) is 4.79 Å². The van der Waals surface area contributed by atoms with Crippen LogP contribution in [0.4, 0.5) is 11.5 Å². The third kappa shape index (κ3) is 6.78. The molecule has 4 rings (SSSR count). The summed E-state index contributed by atoms with van der Waals surface area (Å²) < 4.78 is 0. The molecule has 1 aromatic carbocycles. The van der Waals surface area contributed by atoms with Crippen LogP contribution in [0.2, 0.25) is 5.02 Å². The third-order valence-corrected chi connectivity index (χ3v) is 8.13. The Balaban J connectivity index is 1.38. The van der Waals surface area contributed by atoms with E-state index >= 15 is 0 Å². The number of amides is 2. The molecule has 35 heavy (non-hydrogen) atoms. The van der Waals surface area contributed by atoms with Gasteiger partial charge in [-0.25, -0.2) is 4.98 Å². The fourth-order valence-corrected chi connectivity index (χ4v) is 5.56. The lowest BCUT2D eigenvalue weighted by atomic mass is 9.93. The molecule has 0 radical (unpaired) electrons. The van der Waals surface area contributed by atoms with Crippen molar-refractivity contribution in [3.63, 3.8) is 0 Å². The Morgan fingerprint density at radius 1 is 1.23 bits per heavy atom. The predicted molar refractivity (Wildman–Crippen MR) is 146 cm³/mol. The zero-order valence-electron chi connectivity index (χ0n) is 19.8. The maximum absolute atomic E-state index is 12.9. The number of hydrogen-bond donors (Lipinski definition) is 2. The van der Waals surface area contributed by atoms with Crippen molar-refractivity contribution in [3.05, 3.63) is 69.5 Å². The lowest BCUT2D eigenvalue weighted by Gasteiger charge is -2.33. The second kappa shape index (κ2) is 11.9. The van der Waals surface area contributed by atoms with Gasteiger partial charge < -0.3 is 15.5 Å². The van der Waals surface area contributed by atoms with E-state index in [1.54, 1.807) is 47.4 Å². The number of thiophene rings is 1. The van der Waals surface area contributed by atoms with Gasteiger partial charge in [0.05, 0.1) is 11.7 Å². The Morgan fingerprint density at radius 2 is 2.03 bits per heavy atom. The summed E-state index contributed by atoms with van der Waals surface area (Å²) in [6.07, 6.45) is 6.14. The van der Waals surface area contributed by atoms with Gasteiger partial charge in [0.25, 0.3) is 5.91 Å². The van der Waals surface area contributed by atoms with Crippen LogP contribution in [0, 0.1) is 5.92 Å². The predicted octanol–water partition coefficient (Wildman–Crippen LogP) is 6.25. The number of benzene rings is 1. The van der Waals surface area contributed by atoms with Crippen molar-refractivity contribution in [1.29, 1.82) is 0 Å². The largest absolute Gasteiger partial charge is 0.355 e. The molecule has 1 fully saturated rings. The van der Waals surface area contributed by atoms with Gasteiger partial charge in [0.2, 0.25) is 5.91 Å². The molecule has 1 saturated heterocycles. The summed E-state index contributed by atoms with van der Waals surface area (Å²) in [4.78, 5) is 34.5. The van der Waals surface area contributed by atoms with Gasteiger partial charge in [-0.3, -0.25) is 9.59 Å². The lowest BCUT2D eigenvalue weighted by molar-refractivity contribution is -0.122. The first-order valence-electron chi connectivity index (χ1n) is 11.6. The average Bonchev–Trinajstić information content (AvgIpc) is 3.40. The fourth-order valence-electron chi connectivity index (χ4n) is 4.24. The Kier molecular flexibility index (Phi) is 8.70. The molecule has 0 aliphatic carbocycles. The Labute approximate surface area is 219 Å². The smallest absolute Gasteiger partial charge is 0.255 e. The Hall–Kier alpha value is -2.55. The normalized spacial score (nSPS) is 15.0. The molecule has 2 aromatic heterocycles. The van der Waals surface area contributed by atoms with Gasteiger partial charge >= 0.3 is 0 Å². The first-order chi connectivity index (χ1) is 16.9. The average molecular weight is 529 g/mol. The minimum absolute atomic E-state index is 0.0346. The van der Waals surface area contributed by atoms with Crippen molar-refractivity contribution in [2.24, 2.45) is 5.92 Å². The molecule has 1 aliphatic heterocycles. The van der Waals surface area contributed by atoms with Gasteiger partial charge in [0.1, 0.15) is 0 Å². The molecular formula is C26H29ClN4O2S2. The second-order valence-corrected chi connectivity index (χ2v) is 10.9. The van der Waals surface area contributed by atoms with E-state index in [0.29, 0.717) is 28.6 Å². The standard InChI is InChI=1S/C26H29ClN4O2S2/c1-17(23-7-4-12-35-23)29-24(32)13-18-8-10-31(11-9-18)25-22(15-21(34-2)16-28-25)30-26(33)19-5-3-6-20(27)14-19/h3-7,12,14-18H,8-11,13H2,1-2H3,(H,29,32)(H,30,33). The van der Waals surface area contributed by atoms with E-state index in [0.717, 1.165) is 36.6 Å². The topological polar surface area (TPSA) is 74.3 Å². The van der Waals surface area contributed by atoms with E-state index in [1.165, 1.54) is 4.88 Å². The van der Waals surface area contributed by atoms with E-state index in [-0.39, 0.29) is 17.9 Å². The third-order valence-electron chi connectivity index (χ3n) is 6.15. The molecule has 0 bridgehead atoms. The number of nitrogens with one attached hydrogen (secondary N) is 2. The summed E-state index contributed by atoms with van der Waals surface area (Å²) in [5.41, 5.74) is 1.18. The van der Waals surface area contributed by atoms with E-state index in [2.05, 4.69) is 20.5 Å². The minimum atomic E-state index is -0.222. The molecule has 1 atom stereocenters. The molecule has 2 N–H and O–H groups in total. The Bertz CT molecular complexity index is 1160. The van der Waals surface area contributed by atoms with Gasteiger partial charge in [-0.15, -0.1) is 23.1 Å². The first-order valence-corrected chi connectivity index (χ1v) is 14.1. The summed E-state index contributed by atoms with van der Waals surface area (Å²) in [7, 11) is 0. The van der Waals surface area contributed by atoms with Gasteiger partial charge in [-0.1, -0.05) is 23.7 Å². The number of rotatable bonds is 8. The van der Waals surface area contributed by atoms with E-state index < -0.39 is 0 Å². The number of aromatic nitrogens is 1. The summed E-state index contributed by atoms with van der Waals surface area (Å²) in [6.45, 7) is 3.59. The van der Waals surface area contributed by atoms with E-state index in [4.69, 9.17) is 11.6 Å². The maximum atomic E-state index is 12.9. The SMILES string of the molecule is CSc1cnc(N2CCC(CC(=O)NC(C)c3cccs3)CC2)c(NC(=O)c2cccc(Cl)c2)c1. The highest BCUT2D eigenvalue weighted by Gasteiger charge is 2.25. The molecule has 0 spiro atoms. The van der Waals surface area contributed by atoms with Crippen LogP contribution in [0.15, 0.2) is 58.9 Å². The zero-order chi connectivity index (χ0) is 24.8. The highest BCUT2D eigenvalue weighted by Crippen LogP contribution is 2.32. The van der Waals surface area contributed by atoms with E-state index in [9.17, 15) is 9.59 Å². The number of nitrogens with zero attached hydrogens (tertiary/aromatic N) is 2. The number of pyridine rings is 1. The molecule has 3 aromatic rings. The van der Waals surface area contributed by atoms with Crippen molar-refractivity contribution < 1.29 is 9.59 Å². The molecule has 3 heterocycles. The van der Waals surface area contributed by atoms with Crippen LogP contribution in [0.5, 0.6) is 0 Å². The first kappa shape index (κ1) is 25.5. The molecule has 6 nitrogen and oxygen atoms in total. The number of carbonyl (C=O) groups is 2. The molecule has 1 unspecified atom stereocenters. The van der Waals surface area contributed by atoms with Crippen LogP contribution in [-0.4, -0.2) is 36.1 Å². The van der Waals surface area contributed by atoms with Crippen molar-refractivity contribution in [3.8, 4) is 0 Å². The molecule has 0 saturated carbocycles. The number of thioether (sulfide) groups is 1. The monoisotopic (exact) mass is 528 g/mol. The van der Waals surface area contributed by atoms with E-state index in [1.807, 2.05) is 43.0 Å². The lowest BCUT2D eigenvalue weighted by Crippen LogP contribution is -2.37. The zero-order valence-corrected chi connectivity index (χ0v) is 22.2. The van der Waals surface area contributed by atoms with Crippen LogP contribution < -0.4 is 15.5 Å². The summed E-state index contributed by atoms with van der Waals surface area (Å²) in [6, 6.07) is 12.9. The summed E-state index contributed by atoms with van der Waals surface area (Å²) in [5, 5.41) is 8.69. The van der Waals surface area contributed by atoms with Gasteiger partial charge in [0.15, 0.2) is 5.82 Å². The number of anilines is 2. The van der Waals surface area contributed by atoms with Crippen LogP contribution in [0.1, 0.15) is 47.5 Å². The highest BCUT2D eigenvalue weighted by atomic mass is 35.5. The Morgan fingerprint density at radius 3 is 2.71 bits per heavy atom. The summed E-state index contributed by atoms with van der Waals surface area (Å²) >= 11 is 9.30. The molecule has 184 valence electrons. The fraction of sp³-hybridized carbons (Fsp3) is 0.346. The number of hydrogen-bond acceptors (Lipinski definition) is 6. The molecular weight excluding hydrogens is 500 g/mol. The van der Waals surface area contributed by atoms with Crippen molar-refractivity contribution in [2.45, 2.75) is 37.1 Å². The summed E-state index contributed by atoms with van der Waals surface area (Å²) in [5.74, 6) is 0.964. The van der Waals surface area contributed by atoms with Gasteiger partial charge in [-0.2, -0.15) is 0 Å². The van der Waals surface area contributed by atoms with Gasteiger partial charge in [0, 0.05) is 46.1 Å². The van der Waals surface area contributed by atoms with Crippen LogP contribution in [0.3, 0.4) is 0 Å². The van der Waals surface area contributed by atoms with Crippen LogP contribution >= 0.6 is 34.7 Å². The number of halogens is 1. The van der Waals surface area contributed by atoms with Crippen LogP contribution in [0.25, 0.3) is 0 Å². The van der Waals surface area contributed by atoms with Crippen molar-refractivity contribution in [2.75, 3.05) is 29.6 Å². The number of carbonyl (C=O) groups excluding carboxylic acids is 2. The van der Waals surface area contributed by atoms with Crippen molar-refractivity contribution in [1.82, 2.24) is 10.3 Å². The molecule has 9 heteroatoms. The quantitative estimate of drug-likeness (QED) is 0.338. The highest BCUT2D eigenvalue weighted by molar-refractivity contribution is 7.98. The molecule has 1 aliphatic rings. The number of piperidine rings is 1.